The van der Waals surface area contributed by atoms with Gasteiger partial charge in [-0.3, -0.25) is 0 Å². The number of rotatable bonds is 5. The Kier molecular flexibility index (Phi) is 5.01. The molecule has 1 aliphatic rings. The van der Waals surface area contributed by atoms with Crippen molar-refractivity contribution in [1.82, 2.24) is 9.80 Å². The maximum atomic E-state index is 2.61. The number of thiophene rings is 1. The van der Waals surface area contributed by atoms with Crippen LogP contribution in [0.1, 0.15) is 29.7 Å². The summed E-state index contributed by atoms with van der Waals surface area (Å²) >= 11 is 1.88. The SMILES string of the molecule is Cc1ccsc1CN(C)CCN1CCCCC1. The lowest BCUT2D eigenvalue weighted by Gasteiger charge is -2.28. The Morgan fingerprint density at radius 3 is 2.71 bits per heavy atom. The van der Waals surface area contributed by atoms with Crippen LogP contribution in [0.25, 0.3) is 0 Å². The molecule has 0 aromatic carbocycles. The van der Waals surface area contributed by atoms with E-state index in [-0.39, 0.29) is 0 Å². The Labute approximate surface area is 109 Å². The molecule has 0 atom stereocenters. The molecule has 1 aliphatic heterocycles. The van der Waals surface area contributed by atoms with Crippen LogP contribution < -0.4 is 0 Å². The van der Waals surface area contributed by atoms with E-state index in [0.29, 0.717) is 0 Å². The van der Waals surface area contributed by atoms with Gasteiger partial charge in [0, 0.05) is 24.5 Å². The molecule has 1 aromatic rings. The molecular weight excluding hydrogens is 228 g/mol. The third kappa shape index (κ3) is 4.09. The van der Waals surface area contributed by atoms with E-state index in [9.17, 15) is 0 Å². The highest BCUT2D eigenvalue weighted by Crippen LogP contribution is 2.17. The molecule has 2 nitrogen and oxygen atoms in total. The van der Waals surface area contributed by atoms with Crippen LogP contribution in [0.5, 0.6) is 0 Å². The summed E-state index contributed by atoms with van der Waals surface area (Å²) in [5.41, 5.74) is 1.44. The summed E-state index contributed by atoms with van der Waals surface area (Å²) < 4.78 is 0. The highest BCUT2D eigenvalue weighted by Gasteiger charge is 2.11. The third-order valence-electron chi connectivity index (χ3n) is 3.63. The van der Waals surface area contributed by atoms with E-state index in [4.69, 9.17) is 0 Å². The summed E-state index contributed by atoms with van der Waals surface area (Å²) in [5.74, 6) is 0. The molecule has 1 saturated heterocycles. The van der Waals surface area contributed by atoms with Gasteiger partial charge in [0.2, 0.25) is 0 Å². The second kappa shape index (κ2) is 6.53. The number of nitrogens with zero attached hydrogens (tertiary/aromatic N) is 2. The molecule has 1 fully saturated rings. The zero-order valence-electron chi connectivity index (χ0n) is 11.1. The molecule has 0 saturated carbocycles. The van der Waals surface area contributed by atoms with Gasteiger partial charge in [-0.05, 0) is 56.9 Å². The second-order valence-electron chi connectivity index (χ2n) is 5.17. The number of piperidine rings is 1. The van der Waals surface area contributed by atoms with Crippen LogP contribution in [0.3, 0.4) is 0 Å². The molecular formula is C14H24N2S. The average Bonchev–Trinajstić information content (AvgIpc) is 2.74. The first-order chi connectivity index (χ1) is 8.25. The molecule has 0 radical (unpaired) electrons. The number of hydrogen-bond acceptors (Lipinski definition) is 3. The van der Waals surface area contributed by atoms with Crippen molar-refractivity contribution in [1.29, 1.82) is 0 Å². The maximum Gasteiger partial charge on any atom is 0.0328 e. The van der Waals surface area contributed by atoms with Crippen molar-refractivity contribution >= 4 is 11.3 Å². The second-order valence-corrected chi connectivity index (χ2v) is 6.17. The van der Waals surface area contributed by atoms with E-state index in [0.717, 1.165) is 6.54 Å². The highest BCUT2D eigenvalue weighted by atomic mass is 32.1. The van der Waals surface area contributed by atoms with Crippen LogP contribution >= 0.6 is 11.3 Å². The zero-order valence-corrected chi connectivity index (χ0v) is 11.9. The largest absolute Gasteiger partial charge is 0.302 e. The molecule has 96 valence electrons. The fourth-order valence-corrected chi connectivity index (χ4v) is 3.37. The lowest BCUT2D eigenvalue weighted by atomic mass is 10.1. The van der Waals surface area contributed by atoms with Crippen LogP contribution in [-0.2, 0) is 6.54 Å². The molecule has 1 aromatic heterocycles. The fourth-order valence-electron chi connectivity index (χ4n) is 2.39. The highest BCUT2D eigenvalue weighted by molar-refractivity contribution is 7.10. The summed E-state index contributed by atoms with van der Waals surface area (Å²) in [4.78, 5) is 6.58. The van der Waals surface area contributed by atoms with Crippen LogP contribution in [0, 0.1) is 6.92 Å². The lowest BCUT2D eigenvalue weighted by molar-refractivity contribution is 0.194. The number of likely N-dealkylation sites (N-methyl/N-ethyl adjacent to an activating group) is 1. The molecule has 2 heterocycles. The van der Waals surface area contributed by atoms with E-state index in [1.54, 1.807) is 0 Å². The third-order valence-corrected chi connectivity index (χ3v) is 4.64. The summed E-state index contributed by atoms with van der Waals surface area (Å²) in [7, 11) is 2.24. The number of aryl methyl sites for hydroxylation is 1. The average molecular weight is 252 g/mol. The van der Waals surface area contributed by atoms with Crippen molar-refractivity contribution in [2.75, 3.05) is 33.2 Å². The van der Waals surface area contributed by atoms with E-state index >= 15 is 0 Å². The van der Waals surface area contributed by atoms with Gasteiger partial charge >= 0.3 is 0 Å². The molecule has 3 heteroatoms. The summed E-state index contributed by atoms with van der Waals surface area (Å²) in [6.45, 7) is 8.37. The predicted octanol–water partition coefficient (Wildman–Crippen LogP) is 2.97. The van der Waals surface area contributed by atoms with Gasteiger partial charge in [0.15, 0.2) is 0 Å². The Morgan fingerprint density at radius 2 is 2.06 bits per heavy atom. The van der Waals surface area contributed by atoms with Crippen LogP contribution in [0.4, 0.5) is 0 Å². The van der Waals surface area contributed by atoms with Crippen LogP contribution in [0.15, 0.2) is 11.4 Å². The van der Waals surface area contributed by atoms with Gasteiger partial charge in [-0.25, -0.2) is 0 Å². The fraction of sp³-hybridized carbons (Fsp3) is 0.714. The van der Waals surface area contributed by atoms with Crippen molar-refractivity contribution in [3.63, 3.8) is 0 Å². The van der Waals surface area contributed by atoms with Crippen LogP contribution in [0.2, 0.25) is 0 Å². The van der Waals surface area contributed by atoms with E-state index in [1.165, 1.54) is 55.9 Å². The van der Waals surface area contributed by atoms with Crippen molar-refractivity contribution in [3.05, 3.63) is 21.9 Å². The standard InChI is InChI=1S/C14H24N2S/c1-13-6-11-17-14(13)12-15(2)9-10-16-7-4-3-5-8-16/h6,11H,3-5,7-10,12H2,1-2H3. The zero-order chi connectivity index (χ0) is 12.1. The van der Waals surface area contributed by atoms with Gasteiger partial charge < -0.3 is 9.80 Å². The van der Waals surface area contributed by atoms with Gasteiger partial charge in [0.25, 0.3) is 0 Å². The Hall–Kier alpha value is -0.380. The Morgan fingerprint density at radius 1 is 1.29 bits per heavy atom. The van der Waals surface area contributed by atoms with Crippen molar-refractivity contribution < 1.29 is 0 Å². The van der Waals surface area contributed by atoms with Crippen molar-refractivity contribution in [3.8, 4) is 0 Å². The van der Waals surface area contributed by atoms with E-state index in [1.807, 2.05) is 11.3 Å². The maximum absolute atomic E-state index is 2.61. The predicted molar refractivity (Wildman–Crippen MR) is 75.7 cm³/mol. The normalized spacial score (nSPS) is 17.8. The molecule has 2 rings (SSSR count). The van der Waals surface area contributed by atoms with Gasteiger partial charge in [0.05, 0.1) is 0 Å². The summed E-state index contributed by atoms with van der Waals surface area (Å²) in [5, 5.41) is 2.20. The number of likely N-dealkylation sites (tertiary alicyclic amines) is 1. The van der Waals surface area contributed by atoms with Gasteiger partial charge in [0.1, 0.15) is 0 Å². The minimum absolute atomic E-state index is 1.11. The molecule has 0 bridgehead atoms. The summed E-state index contributed by atoms with van der Waals surface area (Å²) in [6, 6.07) is 2.22. The van der Waals surface area contributed by atoms with E-state index < -0.39 is 0 Å². The van der Waals surface area contributed by atoms with Gasteiger partial charge in [-0.2, -0.15) is 0 Å². The molecule has 0 spiro atoms. The molecule has 0 unspecified atom stereocenters. The van der Waals surface area contributed by atoms with Crippen molar-refractivity contribution in [2.24, 2.45) is 0 Å². The first-order valence-electron chi connectivity index (χ1n) is 6.69. The Bertz CT molecular complexity index is 329. The van der Waals surface area contributed by atoms with Gasteiger partial charge in [-0.1, -0.05) is 6.42 Å². The minimum atomic E-state index is 1.11. The van der Waals surface area contributed by atoms with Gasteiger partial charge in [-0.15, -0.1) is 11.3 Å². The quantitative estimate of drug-likeness (QED) is 0.795. The molecule has 0 N–H and O–H groups in total. The van der Waals surface area contributed by atoms with E-state index in [2.05, 4.69) is 35.2 Å². The summed E-state index contributed by atoms with van der Waals surface area (Å²) in [6.07, 6.45) is 4.22. The first-order valence-corrected chi connectivity index (χ1v) is 7.57. The number of hydrogen-bond donors (Lipinski definition) is 0. The minimum Gasteiger partial charge on any atom is -0.302 e. The molecule has 0 aliphatic carbocycles. The first kappa shape index (κ1) is 13.1. The van der Waals surface area contributed by atoms with Crippen molar-refractivity contribution in [2.45, 2.75) is 32.7 Å². The topological polar surface area (TPSA) is 6.48 Å². The lowest BCUT2D eigenvalue weighted by Crippen LogP contribution is -2.36. The Balaban J connectivity index is 1.70. The molecule has 0 amide bonds. The smallest absolute Gasteiger partial charge is 0.0328 e. The monoisotopic (exact) mass is 252 g/mol. The molecule has 17 heavy (non-hydrogen) atoms. The van der Waals surface area contributed by atoms with Crippen LogP contribution in [-0.4, -0.2) is 43.0 Å².